The maximum atomic E-state index is 13.1. The quantitative estimate of drug-likeness (QED) is 0.0395. The van der Waals surface area contributed by atoms with Crippen LogP contribution in [0.1, 0.15) is 66.2 Å². The number of carboxylic acids is 3. The summed E-state index contributed by atoms with van der Waals surface area (Å²) in [5.74, 6) is -10.5. The van der Waals surface area contributed by atoms with Gasteiger partial charge in [0, 0.05) is 12.8 Å². The van der Waals surface area contributed by atoms with E-state index in [1.54, 1.807) is 27.7 Å². The van der Waals surface area contributed by atoms with Crippen molar-refractivity contribution in [1.82, 2.24) is 37.2 Å². The van der Waals surface area contributed by atoms with Crippen molar-refractivity contribution in [2.75, 3.05) is 26.2 Å². The number of carbonyl (C=O) groups excluding carboxylic acids is 7. The molecule has 300 valence electrons. The zero-order valence-corrected chi connectivity index (χ0v) is 30.1. The molecule has 0 aromatic rings. The van der Waals surface area contributed by atoms with Crippen molar-refractivity contribution < 1.29 is 68.4 Å². The summed E-state index contributed by atoms with van der Waals surface area (Å²) in [5.41, 5.74) is 5.86. The summed E-state index contributed by atoms with van der Waals surface area (Å²) in [5, 5.41) is 52.6. The highest BCUT2D eigenvalue weighted by Gasteiger charge is 2.31. The molecule has 0 radical (unpaired) electrons. The first-order valence-corrected chi connectivity index (χ1v) is 16.7. The van der Waals surface area contributed by atoms with Gasteiger partial charge in [0.25, 0.3) is 0 Å². The zero-order chi connectivity index (χ0) is 40.8. The summed E-state index contributed by atoms with van der Waals surface area (Å²) >= 11 is 0. The number of hydrogen-bond donors (Lipinski definition) is 12. The fourth-order valence-electron chi connectivity index (χ4n) is 4.42. The summed E-state index contributed by atoms with van der Waals surface area (Å²) in [6.45, 7) is 4.13. The molecule has 0 saturated carbocycles. The molecule has 0 spiro atoms. The minimum Gasteiger partial charge on any atom is -0.481 e. The maximum absolute atomic E-state index is 13.1. The van der Waals surface area contributed by atoms with Crippen LogP contribution in [0.4, 0.5) is 0 Å². The van der Waals surface area contributed by atoms with Gasteiger partial charge in [-0.2, -0.15) is 0 Å². The van der Waals surface area contributed by atoms with Gasteiger partial charge in [-0.3, -0.25) is 43.2 Å². The number of aliphatic hydroxyl groups is 1. The van der Waals surface area contributed by atoms with Gasteiger partial charge >= 0.3 is 17.9 Å². The van der Waals surface area contributed by atoms with E-state index in [2.05, 4.69) is 37.2 Å². The number of nitrogens with one attached hydrogen (secondary N) is 7. The third-order valence-electron chi connectivity index (χ3n) is 7.09. The molecular weight excluding hydrogens is 708 g/mol. The van der Waals surface area contributed by atoms with Crippen molar-refractivity contribution >= 4 is 59.3 Å². The summed E-state index contributed by atoms with van der Waals surface area (Å²) in [4.78, 5) is 121. The second-order valence-electron chi connectivity index (χ2n) is 12.8. The fourth-order valence-corrected chi connectivity index (χ4v) is 4.42. The minimum atomic E-state index is -1.72. The van der Waals surface area contributed by atoms with Gasteiger partial charge in [-0.15, -0.1) is 0 Å². The van der Waals surface area contributed by atoms with Crippen LogP contribution in [-0.4, -0.2) is 136 Å². The molecule has 0 fully saturated rings. The molecule has 0 aromatic heterocycles. The Bertz CT molecular complexity index is 1330. The summed E-state index contributed by atoms with van der Waals surface area (Å²) in [7, 11) is 0. The number of aliphatic carboxylic acids is 3. The van der Waals surface area contributed by atoms with Gasteiger partial charge in [0.05, 0.1) is 32.3 Å². The predicted molar refractivity (Wildman–Crippen MR) is 182 cm³/mol. The standard InChI is InChI=1S/C31H52N8O14/c1-15(2)9-17(32)27(48)37-18(5-7-25(44)45)29(50)38-19(6-8-26(46)47)30(51)39-21(14-40)28(49)35-12-23(42)33-11-22(41)34-13-24(43)36-20(31(52)53)10-16(3)4/h15-21,40H,5-14,32H2,1-4H3,(H,33,42)(H,34,41)(H,35,49)(H,36,43)(H,37,48)(H,38,50)(H,39,51)(H,44,45)(H,46,47)(H,52,53)/t17-,18-,19-,20-,21-/m0/s1. The molecule has 0 heterocycles. The van der Waals surface area contributed by atoms with E-state index in [0.717, 1.165) is 0 Å². The predicted octanol–water partition coefficient (Wildman–Crippen LogP) is -4.50. The average molecular weight is 761 g/mol. The van der Waals surface area contributed by atoms with Crippen molar-refractivity contribution in [3.8, 4) is 0 Å². The van der Waals surface area contributed by atoms with E-state index in [4.69, 9.17) is 15.9 Å². The lowest BCUT2D eigenvalue weighted by Gasteiger charge is -2.25. The number of hydrogen-bond acceptors (Lipinski definition) is 12. The Kier molecular flexibility index (Phi) is 22.2. The SMILES string of the molecule is CC(C)C[C@H](NC(=O)CNC(=O)CNC(=O)CNC(=O)[C@H](CO)NC(=O)[C@H](CCC(=O)O)NC(=O)[C@H](CCC(=O)O)NC(=O)[C@@H](N)CC(C)C)C(=O)O. The highest BCUT2D eigenvalue weighted by atomic mass is 16.4. The van der Waals surface area contributed by atoms with Crippen molar-refractivity contribution in [2.45, 2.75) is 96.4 Å². The Labute approximate surface area is 305 Å². The number of carbonyl (C=O) groups is 10. The van der Waals surface area contributed by atoms with Crippen molar-refractivity contribution in [1.29, 1.82) is 0 Å². The molecule has 13 N–H and O–H groups in total. The van der Waals surface area contributed by atoms with Crippen LogP contribution in [0, 0.1) is 11.8 Å². The van der Waals surface area contributed by atoms with Crippen molar-refractivity contribution in [3.05, 3.63) is 0 Å². The Morgan fingerprint density at radius 1 is 0.509 bits per heavy atom. The van der Waals surface area contributed by atoms with E-state index < -0.39 is 141 Å². The molecule has 22 heteroatoms. The molecule has 0 bridgehead atoms. The van der Waals surface area contributed by atoms with Gasteiger partial charge < -0.3 is 63.4 Å². The van der Waals surface area contributed by atoms with Gasteiger partial charge in [-0.25, -0.2) is 4.79 Å². The van der Waals surface area contributed by atoms with Crippen LogP contribution < -0.4 is 43.0 Å². The minimum absolute atomic E-state index is 0.00642. The zero-order valence-electron chi connectivity index (χ0n) is 30.1. The third kappa shape index (κ3) is 21.6. The first kappa shape index (κ1) is 47.6. The Morgan fingerprint density at radius 2 is 0.925 bits per heavy atom. The Hall–Kier alpha value is -5.38. The molecule has 5 atom stereocenters. The maximum Gasteiger partial charge on any atom is 0.326 e. The monoisotopic (exact) mass is 760 g/mol. The summed E-state index contributed by atoms with van der Waals surface area (Å²) in [6.07, 6.45) is -1.77. The molecule has 7 amide bonds. The van der Waals surface area contributed by atoms with Gasteiger partial charge in [0.1, 0.15) is 24.2 Å². The lowest BCUT2D eigenvalue weighted by atomic mass is 10.0. The van der Waals surface area contributed by atoms with Crippen molar-refractivity contribution in [2.24, 2.45) is 17.6 Å². The third-order valence-corrected chi connectivity index (χ3v) is 7.09. The number of aliphatic hydroxyl groups excluding tert-OH is 1. The van der Waals surface area contributed by atoms with Crippen LogP contribution in [0.2, 0.25) is 0 Å². The van der Waals surface area contributed by atoms with E-state index in [1.165, 1.54) is 0 Å². The molecule has 0 saturated heterocycles. The van der Waals surface area contributed by atoms with Gasteiger partial charge in [0.15, 0.2) is 0 Å². The molecule has 0 aromatic carbocycles. The lowest BCUT2D eigenvalue weighted by molar-refractivity contribution is -0.142. The fraction of sp³-hybridized carbons (Fsp3) is 0.677. The van der Waals surface area contributed by atoms with Crippen LogP contribution in [0.15, 0.2) is 0 Å². The largest absolute Gasteiger partial charge is 0.481 e. The van der Waals surface area contributed by atoms with Crippen LogP contribution in [-0.2, 0) is 47.9 Å². The van der Waals surface area contributed by atoms with Crippen LogP contribution >= 0.6 is 0 Å². The number of rotatable bonds is 26. The number of amides is 7. The number of carboxylic acid groups (broad SMARTS) is 3. The first-order valence-electron chi connectivity index (χ1n) is 16.7. The second-order valence-corrected chi connectivity index (χ2v) is 12.8. The van der Waals surface area contributed by atoms with Crippen LogP contribution in [0.5, 0.6) is 0 Å². The van der Waals surface area contributed by atoms with E-state index in [0.29, 0.717) is 0 Å². The van der Waals surface area contributed by atoms with Crippen molar-refractivity contribution in [3.63, 3.8) is 0 Å². The topological polar surface area (TPSA) is 362 Å². The molecule has 0 unspecified atom stereocenters. The van der Waals surface area contributed by atoms with Crippen LogP contribution in [0.25, 0.3) is 0 Å². The summed E-state index contributed by atoms with van der Waals surface area (Å²) < 4.78 is 0. The van der Waals surface area contributed by atoms with Gasteiger partial charge in [-0.05, 0) is 37.5 Å². The van der Waals surface area contributed by atoms with E-state index >= 15 is 0 Å². The summed E-state index contributed by atoms with van der Waals surface area (Å²) in [6, 6.07) is -7.07. The number of nitrogens with two attached hydrogens (primary N) is 1. The second kappa shape index (κ2) is 24.7. The molecule has 22 nitrogen and oxygen atoms in total. The normalized spacial score (nSPS) is 13.7. The Morgan fingerprint density at radius 3 is 1.34 bits per heavy atom. The average Bonchev–Trinajstić information content (AvgIpc) is 3.06. The smallest absolute Gasteiger partial charge is 0.326 e. The van der Waals surface area contributed by atoms with E-state index in [1.807, 2.05) is 0 Å². The lowest BCUT2D eigenvalue weighted by Crippen LogP contribution is -2.58. The van der Waals surface area contributed by atoms with Gasteiger partial charge in [0.2, 0.25) is 41.4 Å². The van der Waals surface area contributed by atoms with Gasteiger partial charge in [-0.1, -0.05) is 27.7 Å². The van der Waals surface area contributed by atoms with E-state index in [9.17, 15) is 58.2 Å². The molecule has 53 heavy (non-hydrogen) atoms. The highest BCUT2D eigenvalue weighted by Crippen LogP contribution is 2.07. The Balaban J connectivity index is 5.29. The van der Waals surface area contributed by atoms with Crippen LogP contribution in [0.3, 0.4) is 0 Å². The molecule has 0 aliphatic heterocycles. The molecular formula is C31H52N8O14. The molecule has 0 rings (SSSR count). The van der Waals surface area contributed by atoms with E-state index in [-0.39, 0.29) is 24.7 Å². The molecule has 0 aliphatic carbocycles. The first-order chi connectivity index (χ1) is 24.7. The highest BCUT2D eigenvalue weighted by molar-refractivity contribution is 5.96. The molecule has 0 aliphatic rings.